The molecular weight excluding hydrogens is 311 g/mol. The van der Waals surface area contributed by atoms with Crippen molar-refractivity contribution in [1.82, 2.24) is 24.5 Å². The number of nitrogens with one attached hydrogen (secondary N) is 1. The Morgan fingerprint density at radius 3 is 2.83 bits per heavy atom. The summed E-state index contributed by atoms with van der Waals surface area (Å²) in [6, 6.07) is 6.19. The number of halogens is 3. The number of pyridine rings is 1. The van der Waals surface area contributed by atoms with E-state index in [0.29, 0.717) is 11.8 Å². The minimum atomic E-state index is -4.56. The zero-order chi connectivity index (χ0) is 16.6. The standard InChI is InChI=1S/C14H12F3N5O/c1-21(7-9-8-22-5-3-2-4-12(22)18-9)13(23)10-6-11(20-19-10)14(15,16)17/h2-6,8H,7H2,1H3,(H,19,20). The molecule has 0 atom stereocenters. The third kappa shape index (κ3) is 3.03. The molecular formula is C14H12F3N5O. The van der Waals surface area contributed by atoms with Crippen LogP contribution in [0.5, 0.6) is 0 Å². The van der Waals surface area contributed by atoms with Crippen LogP contribution in [0.1, 0.15) is 21.9 Å². The zero-order valence-electron chi connectivity index (χ0n) is 12.0. The first-order chi connectivity index (χ1) is 10.8. The third-order valence-corrected chi connectivity index (χ3v) is 3.26. The van der Waals surface area contributed by atoms with Crippen LogP contribution in [0.3, 0.4) is 0 Å². The summed E-state index contributed by atoms with van der Waals surface area (Å²) in [7, 11) is 1.48. The summed E-state index contributed by atoms with van der Waals surface area (Å²) in [5.74, 6) is -0.617. The minimum absolute atomic E-state index is 0.161. The van der Waals surface area contributed by atoms with Gasteiger partial charge >= 0.3 is 6.18 Å². The van der Waals surface area contributed by atoms with Gasteiger partial charge in [0, 0.05) is 25.5 Å². The van der Waals surface area contributed by atoms with Crippen molar-refractivity contribution in [3.63, 3.8) is 0 Å². The lowest BCUT2D eigenvalue weighted by atomic mass is 10.3. The molecule has 9 heteroatoms. The van der Waals surface area contributed by atoms with Crippen LogP contribution in [0, 0.1) is 0 Å². The van der Waals surface area contributed by atoms with Crippen LogP contribution in [0.25, 0.3) is 5.65 Å². The predicted molar refractivity (Wildman–Crippen MR) is 74.6 cm³/mol. The topological polar surface area (TPSA) is 66.3 Å². The Labute approximate surface area is 128 Å². The molecule has 120 valence electrons. The van der Waals surface area contributed by atoms with E-state index in [9.17, 15) is 18.0 Å². The van der Waals surface area contributed by atoms with Gasteiger partial charge in [-0.05, 0) is 12.1 Å². The van der Waals surface area contributed by atoms with Crippen LogP contribution in [0.4, 0.5) is 13.2 Å². The Morgan fingerprint density at radius 1 is 1.39 bits per heavy atom. The Hall–Kier alpha value is -2.84. The molecule has 0 aliphatic heterocycles. The van der Waals surface area contributed by atoms with E-state index in [1.807, 2.05) is 29.5 Å². The molecule has 3 aromatic heterocycles. The van der Waals surface area contributed by atoms with Crippen molar-refractivity contribution in [3.8, 4) is 0 Å². The number of alkyl halides is 3. The van der Waals surface area contributed by atoms with Crippen LogP contribution in [0.15, 0.2) is 36.7 Å². The Bertz CT molecular complexity index is 818. The second-order valence-electron chi connectivity index (χ2n) is 5.02. The van der Waals surface area contributed by atoms with Crippen LogP contribution in [0.2, 0.25) is 0 Å². The van der Waals surface area contributed by atoms with Gasteiger partial charge in [0.05, 0.1) is 12.2 Å². The first-order valence-electron chi connectivity index (χ1n) is 6.65. The average molecular weight is 323 g/mol. The predicted octanol–water partition coefficient (Wildman–Crippen LogP) is 2.35. The third-order valence-electron chi connectivity index (χ3n) is 3.26. The van der Waals surface area contributed by atoms with Crippen LogP contribution >= 0.6 is 0 Å². The van der Waals surface area contributed by atoms with Gasteiger partial charge in [-0.2, -0.15) is 18.3 Å². The lowest BCUT2D eigenvalue weighted by molar-refractivity contribution is -0.141. The average Bonchev–Trinajstić information content (AvgIpc) is 3.12. The number of fused-ring (bicyclic) bond motifs is 1. The van der Waals surface area contributed by atoms with E-state index in [-0.39, 0.29) is 12.2 Å². The Balaban J connectivity index is 1.75. The van der Waals surface area contributed by atoms with Gasteiger partial charge in [-0.1, -0.05) is 6.07 Å². The summed E-state index contributed by atoms with van der Waals surface area (Å²) >= 11 is 0. The second-order valence-corrected chi connectivity index (χ2v) is 5.02. The number of amides is 1. The number of imidazole rings is 1. The number of H-pyrrole nitrogens is 1. The highest BCUT2D eigenvalue weighted by atomic mass is 19.4. The fourth-order valence-corrected chi connectivity index (χ4v) is 2.15. The van der Waals surface area contributed by atoms with Gasteiger partial charge < -0.3 is 9.30 Å². The largest absolute Gasteiger partial charge is 0.432 e. The van der Waals surface area contributed by atoms with Crippen molar-refractivity contribution in [2.45, 2.75) is 12.7 Å². The SMILES string of the molecule is CN(Cc1cn2ccccc2n1)C(=O)c1cc(C(F)(F)F)[nH]n1. The summed E-state index contributed by atoms with van der Waals surface area (Å²) in [5, 5.41) is 5.25. The van der Waals surface area contributed by atoms with E-state index in [4.69, 9.17) is 0 Å². The molecule has 6 nitrogen and oxygen atoms in total. The number of nitrogens with zero attached hydrogens (tertiary/aromatic N) is 4. The maximum absolute atomic E-state index is 12.5. The molecule has 0 aromatic carbocycles. The van der Waals surface area contributed by atoms with E-state index in [1.165, 1.54) is 11.9 Å². The number of rotatable bonds is 3. The molecule has 0 spiro atoms. The highest BCUT2D eigenvalue weighted by Crippen LogP contribution is 2.27. The molecule has 0 bridgehead atoms. The monoisotopic (exact) mass is 323 g/mol. The first-order valence-corrected chi connectivity index (χ1v) is 6.65. The highest BCUT2D eigenvalue weighted by molar-refractivity contribution is 5.92. The van der Waals surface area contributed by atoms with Crippen molar-refractivity contribution in [3.05, 3.63) is 53.7 Å². The van der Waals surface area contributed by atoms with Crippen LogP contribution in [-0.2, 0) is 12.7 Å². The minimum Gasteiger partial charge on any atom is -0.334 e. The Morgan fingerprint density at radius 2 is 2.17 bits per heavy atom. The molecule has 0 aliphatic carbocycles. The van der Waals surface area contributed by atoms with E-state index >= 15 is 0 Å². The zero-order valence-corrected chi connectivity index (χ0v) is 12.0. The number of aromatic amines is 1. The molecule has 0 aliphatic rings. The molecule has 3 aromatic rings. The molecule has 0 radical (unpaired) electrons. The maximum atomic E-state index is 12.5. The fraction of sp³-hybridized carbons (Fsp3) is 0.214. The van der Waals surface area contributed by atoms with E-state index in [1.54, 1.807) is 10.6 Å². The van der Waals surface area contributed by atoms with E-state index < -0.39 is 17.8 Å². The quantitative estimate of drug-likeness (QED) is 0.804. The number of carbonyl (C=O) groups is 1. The van der Waals surface area contributed by atoms with Crippen LogP contribution < -0.4 is 0 Å². The number of hydrogen-bond donors (Lipinski definition) is 1. The molecule has 3 rings (SSSR count). The summed E-state index contributed by atoms with van der Waals surface area (Å²) in [4.78, 5) is 17.7. The summed E-state index contributed by atoms with van der Waals surface area (Å²) in [6.07, 6.45) is -0.993. The molecule has 0 unspecified atom stereocenters. The molecule has 0 saturated carbocycles. The molecule has 1 amide bonds. The van der Waals surface area contributed by atoms with Crippen molar-refractivity contribution in [2.24, 2.45) is 0 Å². The van der Waals surface area contributed by atoms with Gasteiger partial charge in [0.1, 0.15) is 11.3 Å². The van der Waals surface area contributed by atoms with Gasteiger partial charge in [0.15, 0.2) is 5.69 Å². The highest BCUT2D eigenvalue weighted by Gasteiger charge is 2.34. The van der Waals surface area contributed by atoms with Gasteiger partial charge in [0.2, 0.25) is 0 Å². The molecule has 0 saturated heterocycles. The maximum Gasteiger partial charge on any atom is 0.432 e. The summed E-state index contributed by atoms with van der Waals surface area (Å²) < 4.78 is 39.4. The van der Waals surface area contributed by atoms with Gasteiger partial charge in [-0.15, -0.1) is 0 Å². The number of hydrogen-bond acceptors (Lipinski definition) is 3. The van der Waals surface area contributed by atoms with E-state index in [2.05, 4.69) is 10.1 Å². The number of carbonyl (C=O) groups excluding carboxylic acids is 1. The number of aromatic nitrogens is 4. The summed E-state index contributed by atoms with van der Waals surface area (Å²) in [6.45, 7) is 0.161. The van der Waals surface area contributed by atoms with Gasteiger partial charge in [-0.3, -0.25) is 9.89 Å². The normalized spacial score (nSPS) is 11.8. The summed E-state index contributed by atoms with van der Waals surface area (Å²) in [5.41, 5.74) is 0.00618. The van der Waals surface area contributed by atoms with Crippen molar-refractivity contribution in [1.29, 1.82) is 0 Å². The van der Waals surface area contributed by atoms with Crippen molar-refractivity contribution >= 4 is 11.6 Å². The van der Waals surface area contributed by atoms with Gasteiger partial charge in [-0.25, -0.2) is 4.98 Å². The molecule has 0 fully saturated rings. The van der Waals surface area contributed by atoms with Crippen molar-refractivity contribution in [2.75, 3.05) is 7.05 Å². The lowest BCUT2D eigenvalue weighted by Gasteiger charge is -2.13. The molecule has 3 heterocycles. The Kier molecular flexibility index (Phi) is 3.55. The molecule has 23 heavy (non-hydrogen) atoms. The fourth-order valence-electron chi connectivity index (χ4n) is 2.15. The second kappa shape index (κ2) is 5.41. The lowest BCUT2D eigenvalue weighted by Crippen LogP contribution is -2.26. The van der Waals surface area contributed by atoms with Gasteiger partial charge in [0.25, 0.3) is 5.91 Å². The first kappa shape index (κ1) is 15.1. The van der Waals surface area contributed by atoms with Crippen LogP contribution in [-0.4, -0.2) is 37.4 Å². The van der Waals surface area contributed by atoms with Crippen molar-refractivity contribution < 1.29 is 18.0 Å². The molecule has 1 N–H and O–H groups in total. The smallest absolute Gasteiger partial charge is 0.334 e. The van der Waals surface area contributed by atoms with E-state index in [0.717, 1.165) is 5.65 Å².